The van der Waals surface area contributed by atoms with Gasteiger partial charge in [-0.2, -0.15) is 0 Å². The Morgan fingerprint density at radius 1 is 0.773 bits per heavy atom. The van der Waals surface area contributed by atoms with Crippen molar-refractivity contribution in [2.45, 2.75) is 6.42 Å². The first-order valence-corrected chi connectivity index (χ1v) is 7.37. The number of aromatic hydroxyl groups is 1. The van der Waals surface area contributed by atoms with Crippen LogP contribution < -0.4 is 0 Å². The van der Waals surface area contributed by atoms with Crippen molar-refractivity contribution in [2.24, 2.45) is 0 Å². The molecular weight excluding hydrogens is 268 g/mol. The SMILES string of the molecule is C=CCc1cc(-c2ccccc2)ccc1-c1ccccc1O. The van der Waals surface area contributed by atoms with Crippen LogP contribution in [0.25, 0.3) is 22.3 Å². The summed E-state index contributed by atoms with van der Waals surface area (Å²) in [5.41, 5.74) is 5.45. The summed E-state index contributed by atoms with van der Waals surface area (Å²) in [6, 6.07) is 24.1. The van der Waals surface area contributed by atoms with Crippen molar-refractivity contribution in [3.05, 3.63) is 91.0 Å². The zero-order valence-corrected chi connectivity index (χ0v) is 12.4. The van der Waals surface area contributed by atoms with Gasteiger partial charge in [0.2, 0.25) is 0 Å². The number of phenols is 1. The van der Waals surface area contributed by atoms with Crippen molar-refractivity contribution >= 4 is 0 Å². The van der Waals surface area contributed by atoms with Crippen LogP contribution in [0.4, 0.5) is 0 Å². The minimum absolute atomic E-state index is 0.306. The Morgan fingerprint density at radius 2 is 1.50 bits per heavy atom. The summed E-state index contributed by atoms with van der Waals surface area (Å²) in [7, 11) is 0. The minimum atomic E-state index is 0.306. The molecule has 0 aliphatic rings. The number of rotatable bonds is 4. The molecular formula is C21H18O. The molecule has 3 rings (SSSR count). The van der Waals surface area contributed by atoms with E-state index in [0.29, 0.717) is 5.75 Å². The predicted octanol–water partition coefficient (Wildman–Crippen LogP) is 5.45. The number of allylic oxidation sites excluding steroid dienone is 1. The molecule has 0 radical (unpaired) electrons. The number of para-hydroxylation sites is 1. The molecule has 0 fully saturated rings. The van der Waals surface area contributed by atoms with Gasteiger partial charge in [-0.25, -0.2) is 0 Å². The third kappa shape index (κ3) is 2.79. The van der Waals surface area contributed by atoms with Gasteiger partial charge in [-0.05, 0) is 34.7 Å². The van der Waals surface area contributed by atoms with Crippen molar-refractivity contribution in [1.82, 2.24) is 0 Å². The standard InChI is InChI=1S/C21H18O/c1-2-8-18-15-17(16-9-4-3-5-10-16)13-14-19(18)20-11-6-7-12-21(20)22/h2-7,9-15,22H,1,8H2. The summed E-state index contributed by atoms with van der Waals surface area (Å²) in [4.78, 5) is 0. The van der Waals surface area contributed by atoms with E-state index in [0.717, 1.165) is 23.1 Å². The summed E-state index contributed by atoms with van der Waals surface area (Å²) in [5, 5.41) is 10.1. The third-order valence-corrected chi connectivity index (χ3v) is 3.77. The van der Waals surface area contributed by atoms with E-state index in [-0.39, 0.29) is 0 Å². The van der Waals surface area contributed by atoms with Crippen LogP contribution in [-0.4, -0.2) is 5.11 Å². The lowest BCUT2D eigenvalue weighted by atomic mass is 9.93. The Morgan fingerprint density at radius 3 is 2.23 bits per heavy atom. The Labute approximate surface area is 131 Å². The van der Waals surface area contributed by atoms with Crippen LogP contribution in [0.1, 0.15) is 5.56 Å². The molecule has 0 unspecified atom stereocenters. The van der Waals surface area contributed by atoms with E-state index in [9.17, 15) is 5.11 Å². The number of benzene rings is 3. The Kier molecular flexibility index (Phi) is 4.06. The minimum Gasteiger partial charge on any atom is -0.507 e. The lowest BCUT2D eigenvalue weighted by Gasteiger charge is -2.12. The van der Waals surface area contributed by atoms with Gasteiger partial charge in [0.05, 0.1) is 0 Å². The summed E-state index contributed by atoms with van der Waals surface area (Å²) in [6.07, 6.45) is 2.66. The largest absolute Gasteiger partial charge is 0.507 e. The van der Waals surface area contributed by atoms with E-state index in [2.05, 4.69) is 36.9 Å². The lowest BCUT2D eigenvalue weighted by Crippen LogP contribution is -1.90. The average Bonchev–Trinajstić information content (AvgIpc) is 2.57. The second-order valence-corrected chi connectivity index (χ2v) is 5.25. The Hall–Kier alpha value is -2.80. The van der Waals surface area contributed by atoms with Crippen molar-refractivity contribution in [2.75, 3.05) is 0 Å². The van der Waals surface area contributed by atoms with Gasteiger partial charge in [0.25, 0.3) is 0 Å². The van der Waals surface area contributed by atoms with E-state index in [1.807, 2.05) is 42.5 Å². The van der Waals surface area contributed by atoms with E-state index in [1.54, 1.807) is 6.07 Å². The van der Waals surface area contributed by atoms with E-state index in [1.165, 1.54) is 11.1 Å². The fraction of sp³-hybridized carbons (Fsp3) is 0.0476. The van der Waals surface area contributed by atoms with E-state index >= 15 is 0 Å². The first kappa shape index (κ1) is 14.2. The van der Waals surface area contributed by atoms with E-state index in [4.69, 9.17) is 0 Å². The topological polar surface area (TPSA) is 20.2 Å². The van der Waals surface area contributed by atoms with Crippen molar-refractivity contribution in [3.8, 4) is 28.0 Å². The van der Waals surface area contributed by atoms with Crippen molar-refractivity contribution < 1.29 is 5.11 Å². The molecule has 22 heavy (non-hydrogen) atoms. The summed E-state index contributed by atoms with van der Waals surface area (Å²) >= 11 is 0. The van der Waals surface area contributed by atoms with Crippen molar-refractivity contribution in [1.29, 1.82) is 0 Å². The molecule has 0 atom stereocenters. The Balaban J connectivity index is 2.12. The molecule has 0 aliphatic heterocycles. The molecule has 3 aromatic rings. The van der Waals surface area contributed by atoms with E-state index < -0.39 is 0 Å². The summed E-state index contributed by atoms with van der Waals surface area (Å²) in [6.45, 7) is 3.85. The number of hydrogen-bond acceptors (Lipinski definition) is 1. The average molecular weight is 286 g/mol. The monoisotopic (exact) mass is 286 g/mol. The highest BCUT2D eigenvalue weighted by Gasteiger charge is 2.09. The molecule has 0 saturated carbocycles. The van der Waals surface area contributed by atoms with Gasteiger partial charge in [-0.15, -0.1) is 6.58 Å². The molecule has 0 heterocycles. The highest BCUT2D eigenvalue weighted by atomic mass is 16.3. The molecule has 0 bridgehead atoms. The second kappa shape index (κ2) is 6.31. The molecule has 1 heteroatoms. The molecule has 1 nitrogen and oxygen atoms in total. The smallest absolute Gasteiger partial charge is 0.123 e. The summed E-state index contributed by atoms with van der Waals surface area (Å²) in [5.74, 6) is 0.306. The fourth-order valence-corrected chi connectivity index (χ4v) is 2.69. The zero-order chi connectivity index (χ0) is 15.4. The molecule has 0 amide bonds. The maximum Gasteiger partial charge on any atom is 0.123 e. The maximum atomic E-state index is 10.1. The van der Waals surface area contributed by atoms with Crippen LogP contribution in [0.2, 0.25) is 0 Å². The number of hydrogen-bond donors (Lipinski definition) is 1. The highest BCUT2D eigenvalue weighted by molar-refractivity contribution is 5.77. The van der Waals surface area contributed by atoms with Crippen LogP contribution in [0.3, 0.4) is 0 Å². The van der Waals surface area contributed by atoms with Gasteiger partial charge in [-0.3, -0.25) is 0 Å². The second-order valence-electron chi connectivity index (χ2n) is 5.25. The van der Waals surface area contributed by atoms with Crippen LogP contribution in [-0.2, 0) is 6.42 Å². The van der Waals surface area contributed by atoms with Gasteiger partial charge < -0.3 is 5.11 Å². The predicted molar refractivity (Wildman–Crippen MR) is 92.9 cm³/mol. The van der Waals surface area contributed by atoms with Gasteiger partial charge >= 0.3 is 0 Å². The third-order valence-electron chi connectivity index (χ3n) is 3.77. The van der Waals surface area contributed by atoms with Crippen LogP contribution in [0.5, 0.6) is 5.75 Å². The van der Waals surface area contributed by atoms with Gasteiger partial charge in [0, 0.05) is 5.56 Å². The fourth-order valence-electron chi connectivity index (χ4n) is 2.69. The molecule has 3 aromatic carbocycles. The highest BCUT2D eigenvalue weighted by Crippen LogP contribution is 2.34. The van der Waals surface area contributed by atoms with Gasteiger partial charge in [-0.1, -0.05) is 72.8 Å². The first-order chi connectivity index (χ1) is 10.8. The lowest BCUT2D eigenvalue weighted by molar-refractivity contribution is 0.477. The molecule has 1 N–H and O–H groups in total. The molecule has 0 aromatic heterocycles. The quantitative estimate of drug-likeness (QED) is 0.632. The van der Waals surface area contributed by atoms with Crippen LogP contribution in [0.15, 0.2) is 85.5 Å². The molecule has 108 valence electrons. The summed E-state index contributed by atoms with van der Waals surface area (Å²) < 4.78 is 0. The first-order valence-electron chi connectivity index (χ1n) is 7.37. The normalized spacial score (nSPS) is 10.4. The van der Waals surface area contributed by atoms with Gasteiger partial charge in [0.1, 0.15) is 5.75 Å². The zero-order valence-electron chi connectivity index (χ0n) is 12.4. The molecule has 0 saturated heterocycles. The number of phenolic OH excluding ortho intramolecular Hbond substituents is 1. The van der Waals surface area contributed by atoms with Crippen LogP contribution in [0, 0.1) is 0 Å². The van der Waals surface area contributed by atoms with Crippen LogP contribution >= 0.6 is 0 Å². The van der Waals surface area contributed by atoms with Gasteiger partial charge in [0.15, 0.2) is 0 Å². The molecule has 0 aliphatic carbocycles. The maximum absolute atomic E-state index is 10.1. The van der Waals surface area contributed by atoms with Crippen molar-refractivity contribution in [3.63, 3.8) is 0 Å². The Bertz CT molecular complexity index is 788. The molecule has 0 spiro atoms.